The van der Waals surface area contributed by atoms with Crippen LogP contribution in [-0.2, 0) is 6.42 Å². The van der Waals surface area contributed by atoms with Crippen LogP contribution in [0.3, 0.4) is 0 Å². The van der Waals surface area contributed by atoms with Crippen molar-refractivity contribution in [3.8, 4) is 40.1 Å². The van der Waals surface area contributed by atoms with E-state index in [1.807, 2.05) is 18.2 Å². The third kappa shape index (κ3) is 4.74. The molecule has 0 aliphatic heterocycles. The summed E-state index contributed by atoms with van der Waals surface area (Å²) in [5, 5.41) is 5.82. The lowest BCUT2D eigenvalue weighted by atomic mass is 10.00. The first-order chi connectivity index (χ1) is 28.3. The largest absolute Gasteiger partial charge is 0.309 e. The van der Waals surface area contributed by atoms with Crippen molar-refractivity contribution in [3.63, 3.8) is 0 Å². The number of nitrogens with zero attached hydrogens (tertiary/aromatic N) is 6. The van der Waals surface area contributed by atoms with Crippen LogP contribution < -0.4 is 0 Å². The molecule has 12 rings (SSSR count). The van der Waals surface area contributed by atoms with E-state index in [-0.39, 0.29) is 0 Å². The molecule has 4 aromatic heterocycles. The van der Waals surface area contributed by atoms with Crippen molar-refractivity contribution in [3.05, 3.63) is 187 Å². The van der Waals surface area contributed by atoms with Gasteiger partial charge in [0.25, 0.3) is 0 Å². The molecule has 1 aliphatic carbocycles. The number of aromatic nitrogens is 6. The Morgan fingerprint density at radius 3 is 1.79 bits per heavy atom. The Labute approximate surface area is 328 Å². The van der Waals surface area contributed by atoms with Crippen molar-refractivity contribution in [2.45, 2.75) is 12.8 Å². The zero-order chi connectivity index (χ0) is 37.5. The highest BCUT2D eigenvalue weighted by Crippen LogP contribution is 2.43. The summed E-state index contributed by atoms with van der Waals surface area (Å²) in [7, 11) is 0. The molecule has 0 N–H and O–H groups in total. The summed E-state index contributed by atoms with van der Waals surface area (Å²) in [5.74, 6) is 1.83. The predicted molar refractivity (Wildman–Crippen MR) is 234 cm³/mol. The lowest BCUT2D eigenvalue weighted by Crippen LogP contribution is -2.07. The number of fused-ring (bicyclic) bond motifs is 10. The highest BCUT2D eigenvalue weighted by molar-refractivity contribution is 6.19. The lowest BCUT2D eigenvalue weighted by Gasteiger charge is -2.14. The highest BCUT2D eigenvalue weighted by atomic mass is 15.2. The van der Waals surface area contributed by atoms with Crippen LogP contribution in [0.4, 0.5) is 0 Å². The van der Waals surface area contributed by atoms with Gasteiger partial charge in [0.2, 0.25) is 5.95 Å². The van der Waals surface area contributed by atoms with Crippen LogP contribution in [0.25, 0.3) is 101 Å². The van der Waals surface area contributed by atoms with E-state index < -0.39 is 0 Å². The van der Waals surface area contributed by atoms with Crippen molar-refractivity contribution < 1.29 is 0 Å². The van der Waals surface area contributed by atoms with Crippen LogP contribution in [0.5, 0.6) is 0 Å². The molecule has 57 heavy (non-hydrogen) atoms. The summed E-state index contributed by atoms with van der Waals surface area (Å²) in [6.45, 7) is 0. The number of allylic oxidation sites excluding steroid dienone is 1. The first kappa shape index (κ1) is 31.7. The van der Waals surface area contributed by atoms with E-state index in [0.29, 0.717) is 17.6 Å². The average Bonchev–Trinajstić information content (AvgIpc) is 3.93. The molecule has 0 unspecified atom stereocenters. The van der Waals surface area contributed by atoms with Crippen LogP contribution in [0.1, 0.15) is 17.7 Å². The zero-order valence-electron chi connectivity index (χ0n) is 30.9. The highest BCUT2D eigenvalue weighted by Gasteiger charge is 2.26. The molecule has 11 aromatic rings. The summed E-state index contributed by atoms with van der Waals surface area (Å²) in [4.78, 5) is 16.2. The monoisotopic (exact) mass is 730 g/mol. The lowest BCUT2D eigenvalue weighted by molar-refractivity contribution is 0.951. The molecule has 0 fully saturated rings. The number of hydrogen-bond acceptors (Lipinski definition) is 3. The van der Waals surface area contributed by atoms with E-state index in [9.17, 15) is 0 Å². The zero-order valence-corrected chi connectivity index (χ0v) is 30.9. The minimum atomic E-state index is 0.579. The molecule has 0 saturated carbocycles. The third-order valence-corrected chi connectivity index (χ3v) is 11.6. The summed E-state index contributed by atoms with van der Waals surface area (Å²) < 4.78 is 7.07. The van der Waals surface area contributed by atoms with Crippen molar-refractivity contribution in [2.75, 3.05) is 0 Å². The molecule has 6 nitrogen and oxygen atoms in total. The van der Waals surface area contributed by atoms with Gasteiger partial charge in [-0.1, -0.05) is 133 Å². The first-order valence-corrected chi connectivity index (χ1v) is 19.5. The Balaban J connectivity index is 1.22. The maximum atomic E-state index is 5.51. The normalized spacial score (nSPS) is 12.7. The Morgan fingerprint density at radius 2 is 1.02 bits per heavy atom. The molecule has 7 aromatic carbocycles. The van der Waals surface area contributed by atoms with E-state index >= 15 is 0 Å². The second-order valence-electron chi connectivity index (χ2n) is 14.7. The fourth-order valence-corrected chi connectivity index (χ4v) is 9.18. The predicted octanol–water partition coefficient (Wildman–Crippen LogP) is 12.3. The van der Waals surface area contributed by atoms with Gasteiger partial charge < -0.3 is 9.13 Å². The van der Waals surface area contributed by atoms with Crippen molar-refractivity contribution in [2.24, 2.45) is 0 Å². The fraction of sp³-hybridized carbons (Fsp3) is 0.0392. The molecular weight excluding hydrogens is 697 g/mol. The van der Waals surface area contributed by atoms with Gasteiger partial charge >= 0.3 is 0 Å². The smallest absolute Gasteiger partial charge is 0.238 e. The quantitative estimate of drug-likeness (QED) is 0.177. The van der Waals surface area contributed by atoms with Gasteiger partial charge in [-0.15, -0.1) is 0 Å². The number of para-hydroxylation sites is 4. The van der Waals surface area contributed by atoms with Gasteiger partial charge in [0.1, 0.15) is 0 Å². The molecule has 0 saturated heterocycles. The van der Waals surface area contributed by atoms with Gasteiger partial charge in [-0.25, -0.2) is 4.98 Å². The van der Waals surface area contributed by atoms with Crippen molar-refractivity contribution >= 4 is 60.6 Å². The molecule has 0 radical (unpaired) electrons. The summed E-state index contributed by atoms with van der Waals surface area (Å²) in [6, 6.07) is 59.9. The van der Waals surface area contributed by atoms with Crippen molar-refractivity contribution in [1.29, 1.82) is 0 Å². The minimum absolute atomic E-state index is 0.579. The molecule has 0 bridgehead atoms. The SMILES string of the molecule is C1=Cc2c(c3ccc4c5ccccc5n(-c5nc(-c6ccccc6)nc(-c6cccc7c6c6ccccc6n7-c6ccccc6)n5)c4c3n2-c2ccccc2)CC1. The van der Waals surface area contributed by atoms with Gasteiger partial charge in [0.05, 0.1) is 27.6 Å². The maximum Gasteiger partial charge on any atom is 0.238 e. The number of aryl methyl sites for hydroxylation is 1. The van der Waals surface area contributed by atoms with Gasteiger partial charge in [0.15, 0.2) is 11.6 Å². The van der Waals surface area contributed by atoms with Crippen LogP contribution in [0.15, 0.2) is 176 Å². The second-order valence-corrected chi connectivity index (χ2v) is 14.7. The molecule has 0 atom stereocenters. The Bertz CT molecular complexity index is 3390. The topological polar surface area (TPSA) is 53.5 Å². The standard InChI is InChI=1S/C51H34N6/c1-4-17-33(18-5-1)49-52-50(41-26-16-30-45-46(41)40-25-12-15-29-44(40)55(45)34-19-6-2-7-20-34)54-51(53-49)57-43-28-14-11-24-37(43)39-32-31-38-36-23-10-13-27-42(36)56(47(38)48(39)57)35-21-8-3-9-22-35/h1-9,11-22,24-32H,10,23H2. The molecule has 0 amide bonds. The summed E-state index contributed by atoms with van der Waals surface area (Å²) >= 11 is 0. The maximum absolute atomic E-state index is 5.51. The molecule has 0 spiro atoms. The van der Waals surface area contributed by atoms with E-state index in [4.69, 9.17) is 15.0 Å². The van der Waals surface area contributed by atoms with E-state index in [1.54, 1.807) is 0 Å². The average molecular weight is 731 g/mol. The third-order valence-electron chi connectivity index (χ3n) is 11.6. The van der Waals surface area contributed by atoms with Crippen LogP contribution in [0, 0.1) is 0 Å². The van der Waals surface area contributed by atoms with E-state index in [2.05, 4.69) is 178 Å². The molecule has 6 heteroatoms. The molecule has 4 heterocycles. The minimum Gasteiger partial charge on any atom is -0.309 e. The van der Waals surface area contributed by atoms with Gasteiger partial charge in [-0.2, -0.15) is 9.97 Å². The fourth-order valence-electron chi connectivity index (χ4n) is 9.18. The van der Waals surface area contributed by atoms with Crippen LogP contribution in [-0.4, -0.2) is 28.7 Å². The number of benzene rings is 7. The Hall–Kier alpha value is -7.57. The Morgan fingerprint density at radius 1 is 0.421 bits per heavy atom. The Kier molecular flexibility index (Phi) is 6.95. The van der Waals surface area contributed by atoms with Crippen molar-refractivity contribution in [1.82, 2.24) is 28.7 Å². The van der Waals surface area contributed by atoms with E-state index in [0.717, 1.165) is 84.5 Å². The number of rotatable bonds is 5. The summed E-state index contributed by atoms with van der Waals surface area (Å²) in [5.41, 5.74) is 12.2. The second kappa shape index (κ2) is 12.5. The first-order valence-electron chi connectivity index (χ1n) is 19.5. The van der Waals surface area contributed by atoms with Gasteiger partial charge in [0, 0.05) is 55.1 Å². The molecular formula is C51H34N6. The number of hydrogen-bond donors (Lipinski definition) is 0. The van der Waals surface area contributed by atoms with Crippen LogP contribution in [0.2, 0.25) is 0 Å². The van der Waals surface area contributed by atoms with Gasteiger partial charge in [-0.3, -0.25) is 4.57 Å². The molecule has 1 aliphatic rings. The van der Waals surface area contributed by atoms with E-state index in [1.165, 1.54) is 16.6 Å². The van der Waals surface area contributed by atoms with Crippen LogP contribution >= 0.6 is 0 Å². The summed E-state index contributed by atoms with van der Waals surface area (Å²) in [6.07, 6.45) is 6.60. The molecule has 268 valence electrons. The van der Waals surface area contributed by atoms with Gasteiger partial charge in [-0.05, 0) is 66.9 Å².